The van der Waals surface area contributed by atoms with Crippen molar-refractivity contribution in [3.05, 3.63) is 40.4 Å². The standard InChI is InChI=1S/C12H11NO5/c1-13-10(11(14)15)9(12(16)18-13)7-5-3-4-6-8(7)17-2/h3-6H,1-2H3,(H,14,15). The highest BCUT2D eigenvalue weighted by atomic mass is 16.5. The number of para-hydroxylation sites is 1. The van der Waals surface area contributed by atoms with Gasteiger partial charge in [0.05, 0.1) is 7.11 Å². The molecule has 0 unspecified atom stereocenters. The summed E-state index contributed by atoms with van der Waals surface area (Å²) >= 11 is 0. The van der Waals surface area contributed by atoms with Crippen LogP contribution < -0.4 is 10.4 Å². The number of aromatic nitrogens is 1. The van der Waals surface area contributed by atoms with Gasteiger partial charge < -0.3 is 14.4 Å². The Labute approximate surface area is 102 Å². The quantitative estimate of drug-likeness (QED) is 0.887. The van der Waals surface area contributed by atoms with E-state index in [1.54, 1.807) is 24.3 Å². The number of rotatable bonds is 3. The zero-order chi connectivity index (χ0) is 13.3. The minimum Gasteiger partial charge on any atom is -0.496 e. The molecular formula is C12H11NO5. The Balaban J connectivity index is 2.79. The summed E-state index contributed by atoms with van der Waals surface area (Å²) in [6.45, 7) is 0. The van der Waals surface area contributed by atoms with E-state index in [9.17, 15) is 9.59 Å². The number of hydrogen-bond donors (Lipinski definition) is 1. The second-order valence-corrected chi connectivity index (χ2v) is 3.61. The van der Waals surface area contributed by atoms with Crippen molar-refractivity contribution in [3.63, 3.8) is 0 Å². The molecule has 0 saturated carbocycles. The third kappa shape index (κ3) is 1.77. The molecule has 2 rings (SSSR count). The van der Waals surface area contributed by atoms with Gasteiger partial charge in [-0.05, 0) is 6.07 Å². The van der Waals surface area contributed by atoms with Gasteiger partial charge in [0.1, 0.15) is 11.3 Å². The Hall–Kier alpha value is -2.50. The molecule has 18 heavy (non-hydrogen) atoms. The lowest BCUT2D eigenvalue weighted by atomic mass is 10.1. The van der Waals surface area contributed by atoms with Crippen molar-refractivity contribution >= 4 is 5.97 Å². The lowest BCUT2D eigenvalue weighted by Gasteiger charge is -2.06. The summed E-state index contributed by atoms with van der Waals surface area (Å²) in [5.41, 5.74) is -0.530. The van der Waals surface area contributed by atoms with E-state index >= 15 is 0 Å². The molecule has 1 heterocycles. The Bertz CT molecular complexity index is 653. The number of hydrogen-bond acceptors (Lipinski definition) is 4. The fourth-order valence-corrected chi connectivity index (χ4v) is 1.80. The largest absolute Gasteiger partial charge is 0.496 e. The maximum atomic E-state index is 11.7. The van der Waals surface area contributed by atoms with Crippen LogP contribution in [-0.2, 0) is 7.05 Å². The number of carboxylic acid groups (broad SMARTS) is 1. The van der Waals surface area contributed by atoms with E-state index in [0.717, 1.165) is 4.74 Å². The van der Waals surface area contributed by atoms with Crippen molar-refractivity contribution in [2.75, 3.05) is 7.11 Å². The average Bonchev–Trinajstić information content (AvgIpc) is 2.64. The predicted molar refractivity (Wildman–Crippen MR) is 62.9 cm³/mol. The Morgan fingerprint density at radius 2 is 2.06 bits per heavy atom. The van der Waals surface area contributed by atoms with E-state index < -0.39 is 11.6 Å². The normalized spacial score (nSPS) is 10.3. The van der Waals surface area contributed by atoms with E-state index in [1.165, 1.54) is 14.2 Å². The van der Waals surface area contributed by atoms with E-state index in [2.05, 4.69) is 0 Å². The Morgan fingerprint density at radius 3 is 2.67 bits per heavy atom. The van der Waals surface area contributed by atoms with E-state index in [4.69, 9.17) is 14.4 Å². The first-order valence-electron chi connectivity index (χ1n) is 5.13. The predicted octanol–water partition coefficient (Wildman–Crippen LogP) is 1.35. The van der Waals surface area contributed by atoms with Crippen LogP contribution in [0.15, 0.2) is 33.6 Å². The maximum Gasteiger partial charge on any atom is 0.366 e. The highest BCUT2D eigenvalue weighted by Gasteiger charge is 2.24. The molecule has 0 spiro atoms. The summed E-state index contributed by atoms with van der Waals surface area (Å²) in [7, 11) is 2.81. The minimum absolute atomic E-state index is 0.0116. The molecule has 94 valence electrons. The molecule has 0 saturated heterocycles. The van der Waals surface area contributed by atoms with Crippen molar-refractivity contribution in [2.45, 2.75) is 0 Å². The van der Waals surface area contributed by atoms with Crippen LogP contribution in [0, 0.1) is 0 Å². The molecule has 1 aromatic heterocycles. The van der Waals surface area contributed by atoms with Crippen molar-refractivity contribution in [2.24, 2.45) is 7.05 Å². The summed E-state index contributed by atoms with van der Waals surface area (Å²) in [5, 5.41) is 9.12. The van der Waals surface area contributed by atoms with Gasteiger partial charge in [-0.25, -0.2) is 14.3 Å². The Morgan fingerprint density at radius 1 is 1.39 bits per heavy atom. The van der Waals surface area contributed by atoms with Gasteiger partial charge in [-0.15, -0.1) is 0 Å². The number of aryl methyl sites for hydroxylation is 1. The van der Waals surface area contributed by atoms with Crippen molar-refractivity contribution in [3.8, 4) is 16.9 Å². The van der Waals surface area contributed by atoms with Gasteiger partial charge in [0.15, 0.2) is 5.69 Å². The number of carboxylic acids is 1. The number of nitrogens with zero attached hydrogens (tertiary/aromatic N) is 1. The van der Waals surface area contributed by atoms with E-state index in [1.807, 2.05) is 0 Å². The van der Waals surface area contributed by atoms with E-state index in [0.29, 0.717) is 11.3 Å². The van der Waals surface area contributed by atoms with Crippen LogP contribution in [0.3, 0.4) is 0 Å². The summed E-state index contributed by atoms with van der Waals surface area (Å²) in [6.07, 6.45) is 0. The number of ether oxygens (including phenoxy) is 1. The van der Waals surface area contributed by atoms with Gasteiger partial charge in [-0.2, -0.15) is 0 Å². The summed E-state index contributed by atoms with van der Waals surface area (Å²) < 4.78 is 10.8. The molecule has 0 aliphatic heterocycles. The van der Waals surface area contributed by atoms with Crippen LogP contribution in [-0.4, -0.2) is 22.9 Å². The first kappa shape index (κ1) is 12.0. The van der Waals surface area contributed by atoms with Crippen LogP contribution in [0.1, 0.15) is 10.5 Å². The van der Waals surface area contributed by atoms with Gasteiger partial charge in [0.2, 0.25) is 0 Å². The molecule has 6 heteroatoms. The van der Waals surface area contributed by atoms with Gasteiger partial charge in [0.25, 0.3) is 0 Å². The van der Waals surface area contributed by atoms with Crippen molar-refractivity contribution < 1.29 is 19.2 Å². The molecule has 0 aliphatic rings. The molecule has 0 fully saturated rings. The van der Waals surface area contributed by atoms with Gasteiger partial charge >= 0.3 is 11.6 Å². The van der Waals surface area contributed by atoms with E-state index in [-0.39, 0.29) is 11.3 Å². The minimum atomic E-state index is -1.23. The van der Waals surface area contributed by atoms with Crippen LogP contribution in [0.25, 0.3) is 11.1 Å². The smallest absolute Gasteiger partial charge is 0.366 e. The molecule has 0 radical (unpaired) electrons. The highest BCUT2D eigenvalue weighted by Crippen LogP contribution is 2.29. The zero-order valence-corrected chi connectivity index (χ0v) is 9.84. The topological polar surface area (TPSA) is 81.7 Å². The monoisotopic (exact) mass is 249 g/mol. The first-order chi connectivity index (χ1) is 8.56. The van der Waals surface area contributed by atoms with Crippen LogP contribution in [0.2, 0.25) is 0 Å². The molecule has 0 bridgehead atoms. The zero-order valence-electron chi connectivity index (χ0n) is 9.84. The summed E-state index contributed by atoms with van der Waals surface area (Å²) in [6, 6.07) is 6.67. The van der Waals surface area contributed by atoms with Crippen molar-refractivity contribution in [1.82, 2.24) is 4.74 Å². The summed E-state index contributed by atoms with van der Waals surface area (Å²) in [5.74, 6) is -0.817. The lowest BCUT2D eigenvalue weighted by Crippen LogP contribution is -2.07. The molecular weight excluding hydrogens is 238 g/mol. The average molecular weight is 249 g/mol. The Kier molecular flexibility index (Phi) is 2.93. The SMILES string of the molecule is COc1ccccc1-c1c(C(=O)O)n(C)oc1=O. The van der Waals surface area contributed by atoms with Crippen molar-refractivity contribution in [1.29, 1.82) is 0 Å². The number of carbonyl (C=O) groups is 1. The highest BCUT2D eigenvalue weighted by molar-refractivity contribution is 5.94. The fraction of sp³-hybridized carbons (Fsp3) is 0.167. The second-order valence-electron chi connectivity index (χ2n) is 3.61. The summed E-state index contributed by atoms with van der Waals surface area (Å²) in [4.78, 5) is 22.9. The second kappa shape index (κ2) is 4.40. The van der Waals surface area contributed by atoms with Crippen LogP contribution in [0.5, 0.6) is 5.75 Å². The van der Waals surface area contributed by atoms with Gasteiger partial charge in [0, 0.05) is 12.6 Å². The molecule has 6 nitrogen and oxygen atoms in total. The number of aromatic carboxylic acids is 1. The third-order valence-corrected chi connectivity index (χ3v) is 2.55. The molecule has 2 aromatic rings. The molecule has 0 aliphatic carbocycles. The third-order valence-electron chi connectivity index (χ3n) is 2.55. The maximum absolute atomic E-state index is 11.7. The lowest BCUT2D eigenvalue weighted by molar-refractivity contribution is 0.0673. The molecule has 1 aromatic carbocycles. The van der Waals surface area contributed by atoms with Gasteiger partial charge in [-0.1, -0.05) is 18.2 Å². The fourth-order valence-electron chi connectivity index (χ4n) is 1.80. The van der Waals surface area contributed by atoms with Gasteiger partial charge in [-0.3, -0.25) is 0 Å². The molecule has 0 atom stereocenters. The molecule has 1 N–H and O–H groups in total. The number of benzene rings is 1. The van der Waals surface area contributed by atoms with Crippen LogP contribution >= 0.6 is 0 Å². The number of methoxy groups -OCH3 is 1. The van der Waals surface area contributed by atoms with Crippen LogP contribution in [0.4, 0.5) is 0 Å². The first-order valence-corrected chi connectivity index (χ1v) is 5.13. The molecule has 0 amide bonds.